The Morgan fingerprint density at radius 3 is 1.62 bits per heavy atom. The molecule has 0 radical (unpaired) electrons. The molecule has 6 nitrogen and oxygen atoms in total. The smallest absolute Gasteiger partial charge is 0.238 e. The van der Waals surface area contributed by atoms with E-state index in [0.717, 1.165) is 110 Å². The molecule has 10 aromatic carbocycles. The summed E-state index contributed by atoms with van der Waals surface area (Å²) >= 11 is 0. The molecule has 0 spiro atoms. The Morgan fingerprint density at radius 1 is 0.304 bits per heavy atom. The van der Waals surface area contributed by atoms with E-state index in [1.54, 1.807) is 0 Å². The predicted molar refractivity (Wildman–Crippen MR) is 283 cm³/mol. The van der Waals surface area contributed by atoms with Crippen LogP contribution in [0.4, 0.5) is 0 Å². The maximum absolute atomic E-state index is 6.65. The fourth-order valence-electron chi connectivity index (χ4n) is 10.4. The van der Waals surface area contributed by atoms with E-state index in [2.05, 4.69) is 228 Å². The Bertz CT molecular complexity index is 4280. The minimum absolute atomic E-state index is 0.528. The summed E-state index contributed by atoms with van der Waals surface area (Å²) in [5.74, 6) is 1.65. The van der Waals surface area contributed by atoms with Crippen LogP contribution in [0, 0.1) is 0 Å². The van der Waals surface area contributed by atoms with Gasteiger partial charge in [-0.05, 0) is 81.9 Å². The molecule has 0 atom stereocenters. The topological polar surface area (TPSA) is 61.7 Å². The zero-order valence-electron chi connectivity index (χ0n) is 37.2. The molecule has 69 heavy (non-hydrogen) atoms. The first kappa shape index (κ1) is 38.8. The largest absolute Gasteiger partial charge is 0.456 e. The number of nitrogens with zero attached hydrogens (tertiary/aromatic N) is 5. The lowest BCUT2D eigenvalue weighted by atomic mass is 9.99. The Labute approximate surface area is 396 Å². The molecule has 0 N–H and O–H groups in total. The van der Waals surface area contributed by atoms with E-state index in [4.69, 9.17) is 19.4 Å². The molecule has 0 amide bonds. The van der Waals surface area contributed by atoms with E-state index in [1.165, 1.54) is 5.56 Å². The molecular weight excluding hydrogens is 843 g/mol. The summed E-state index contributed by atoms with van der Waals surface area (Å²) in [6.45, 7) is 0. The van der Waals surface area contributed by atoms with Crippen molar-refractivity contribution in [2.24, 2.45) is 0 Å². The average molecular weight is 882 g/mol. The highest BCUT2D eigenvalue weighted by atomic mass is 16.3. The minimum atomic E-state index is 0.528. The van der Waals surface area contributed by atoms with Crippen molar-refractivity contribution in [1.82, 2.24) is 24.1 Å². The molecule has 0 unspecified atom stereocenters. The van der Waals surface area contributed by atoms with Crippen LogP contribution in [-0.4, -0.2) is 24.1 Å². The van der Waals surface area contributed by atoms with Crippen molar-refractivity contribution in [3.05, 3.63) is 237 Å². The van der Waals surface area contributed by atoms with Crippen molar-refractivity contribution >= 4 is 65.6 Å². The zero-order chi connectivity index (χ0) is 45.4. The summed E-state index contributed by atoms with van der Waals surface area (Å²) in [7, 11) is 0. The van der Waals surface area contributed by atoms with Crippen LogP contribution in [0.25, 0.3) is 133 Å². The molecule has 0 aliphatic carbocycles. The molecule has 14 aromatic rings. The molecule has 0 saturated heterocycles. The van der Waals surface area contributed by atoms with Crippen LogP contribution in [0.3, 0.4) is 0 Å². The van der Waals surface area contributed by atoms with Crippen LogP contribution in [0.1, 0.15) is 0 Å². The predicted octanol–water partition coefficient (Wildman–Crippen LogP) is 16.3. The lowest BCUT2D eigenvalue weighted by Crippen LogP contribution is -2.06. The third-order valence-electron chi connectivity index (χ3n) is 13.6. The van der Waals surface area contributed by atoms with E-state index in [-0.39, 0.29) is 0 Å². The highest BCUT2D eigenvalue weighted by Crippen LogP contribution is 2.43. The number of aromatic nitrogens is 5. The van der Waals surface area contributed by atoms with Crippen LogP contribution in [-0.2, 0) is 0 Å². The Balaban J connectivity index is 1.02. The molecule has 0 bridgehead atoms. The first-order valence-electron chi connectivity index (χ1n) is 23.3. The number of para-hydroxylation sites is 2. The molecule has 322 valence electrons. The lowest BCUT2D eigenvalue weighted by Gasteiger charge is -2.12. The van der Waals surface area contributed by atoms with E-state index in [0.29, 0.717) is 17.6 Å². The van der Waals surface area contributed by atoms with Gasteiger partial charge in [-0.25, -0.2) is 4.98 Å². The lowest BCUT2D eigenvalue weighted by molar-refractivity contribution is 0.669. The maximum atomic E-state index is 6.65. The van der Waals surface area contributed by atoms with Gasteiger partial charge in [-0.3, -0.25) is 4.57 Å². The van der Waals surface area contributed by atoms with E-state index < -0.39 is 0 Å². The minimum Gasteiger partial charge on any atom is -0.456 e. The Morgan fingerprint density at radius 2 is 0.870 bits per heavy atom. The van der Waals surface area contributed by atoms with Gasteiger partial charge in [-0.2, -0.15) is 9.97 Å². The number of furan rings is 1. The molecule has 0 aliphatic rings. The molecular formula is C63H39N5O. The molecule has 6 heteroatoms. The molecule has 0 fully saturated rings. The van der Waals surface area contributed by atoms with Gasteiger partial charge in [0.1, 0.15) is 11.2 Å². The Hall–Kier alpha value is -9.39. The number of benzene rings is 10. The van der Waals surface area contributed by atoms with Gasteiger partial charge < -0.3 is 8.98 Å². The van der Waals surface area contributed by atoms with Gasteiger partial charge in [0.15, 0.2) is 11.6 Å². The summed E-state index contributed by atoms with van der Waals surface area (Å²) in [6.07, 6.45) is 0. The van der Waals surface area contributed by atoms with Gasteiger partial charge >= 0.3 is 0 Å². The molecule has 4 heterocycles. The van der Waals surface area contributed by atoms with Gasteiger partial charge in [-0.15, -0.1) is 0 Å². The standard InChI is InChI=1S/C63H39N5O/c1-4-16-40(17-5-1)42-30-32-44(33-31-42)61-64-62(46-34-35-52-57(39-46)69-56-29-15-26-48(58(52)56)43-20-8-3-9-21-43)66-63(65-61)68-53-27-12-10-24-49(53)50-36-37-55-59(60(50)68)51-25-11-13-28-54(51)67(55)47-23-14-22-45(38-47)41-18-6-2-7-19-41/h1-39H. The molecule has 14 rings (SSSR count). The third kappa shape index (κ3) is 6.30. The number of fused-ring (bicyclic) bond motifs is 10. The van der Waals surface area contributed by atoms with Crippen LogP contribution in [0.2, 0.25) is 0 Å². The van der Waals surface area contributed by atoms with Crippen molar-refractivity contribution in [3.8, 4) is 67.8 Å². The normalized spacial score (nSPS) is 11.8. The van der Waals surface area contributed by atoms with Crippen LogP contribution in [0.15, 0.2) is 241 Å². The molecule has 0 aliphatic heterocycles. The molecule has 0 saturated carbocycles. The highest BCUT2D eigenvalue weighted by Gasteiger charge is 2.24. The number of hydrogen-bond donors (Lipinski definition) is 0. The van der Waals surface area contributed by atoms with Gasteiger partial charge in [0.2, 0.25) is 5.95 Å². The van der Waals surface area contributed by atoms with Crippen molar-refractivity contribution < 1.29 is 4.42 Å². The summed E-state index contributed by atoms with van der Waals surface area (Å²) in [4.78, 5) is 16.2. The quantitative estimate of drug-likeness (QED) is 0.160. The average Bonchev–Trinajstić information content (AvgIpc) is 4.09. The fourth-order valence-corrected chi connectivity index (χ4v) is 10.4. The summed E-state index contributed by atoms with van der Waals surface area (Å²) < 4.78 is 11.3. The third-order valence-corrected chi connectivity index (χ3v) is 13.6. The van der Waals surface area contributed by atoms with Crippen molar-refractivity contribution in [2.45, 2.75) is 0 Å². The zero-order valence-corrected chi connectivity index (χ0v) is 37.2. The SMILES string of the molecule is c1ccc(-c2ccc(-c3nc(-c4ccc5c(c4)oc4cccc(-c6ccccc6)c45)nc(-n4c5ccccc5c5ccc6c(c7ccccc7n6-c6cccc(-c7ccccc7)c6)c54)n3)cc2)cc1. The van der Waals surface area contributed by atoms with Gasteiger partial charge in [0, 0.05) is 49.1 Å². The van der Waals surface area contributed by atoms with Crippen molar-refractivity contribution in [1.29, 1.82) is 0 Å². The van der Waals surface area contributed by atoms with Gasteiger partial charge in [0.05, 0.1) is 22.1 Å². The van der Waals surface area contributed by atoms with Crippen LogP contribution < -0.4 is 0 Å². The second-order valence-corrected chi connectivity index (χ2v) is 17.6. The van der Waals surface area contributed by atoms with Gasteiger partial charge in [-0.1, -0.05) is 188 Å². The van der Waals surface area contributed by atoms with Crippen LogP contribution in [0.5, 0.6) is 0 Å². The second-order valence-electron chi connectivity index (χ2n) is 17.6. The number of hydrogen-bond acceptors (Lipinski definition) is 4. The first-order chi connectivity index (χ1) is 34.2. The monoisotopic (exact) mass is 881 g/mol. The van der Waals surface area contributed by atoms with E-state index in [9.17, 15) is 0 Å². The van der Waals surface area contributed by atoms with Crippen LogP contribution >= 0.6 is 0 Å². The van der Waals surface area contributed by atoms with Gasteiger partial charge in [0.25, 0.3) is 0 Å². The second kappa shape index (κ2) is 15.6. The number of rotatable bonds is 7. The summed E-state index contributed by atoms with van der Waals surface area (Å²) in [5, 5.41) is 6.62. The Kier molecular flexibility index (Phi) is 8.79. The summed E-state index contributed by atoms with van der Waals surface area (Å²) in [5.41, 5.74) is 15.5. The fraction of sp³-hybridized carbons (Fsp3) is 0. The first-order valence-corrected chi connectivity index (χ1v) is 23.3. The van der Waals surface area contributed by atoms with Crippen molar-refractivity contribution in [2.75, 3.05) is 0 Å². The molecule has 4 aromatic heterocycles. The van der Waals surface area contributed by atoms with E-state index >= 15 is 0 Å². The summed E-state index contributed by atoms with van der Waals surface area (Å²) in [6, 6.07) is 83.3. The van der Waals surface area contributed by atoms with Crippen molar-refractivity contribution in [3.63, 3.8) is 0 Å². The van der Waals surface area contributed by atoms with E-state index in [1.807, 2.05) is 18.2 Å². The maximum Gasteiger partial charge on any atom is 0.238 e. The highest BCUT2D eigenvalue weighted by molar-refractivity contribution is 6.26.